The minimum atomic E-state index is 0.159. The van der Waals surface area contributed by atoms with E-state index in [0.717, 1.165) is 49.2 Å². The van der Waals surface area contributed by atoms with Crippen molar-refractivity contribution in [1.29, 1.82) is 0 Å². The molecule has 0 saturated carbocycles. The number of hydrogen-bond acceptors (Lipinski definition) is 7. The van der Waals surface area contributed by atoms with E-state index in [0.29, 0.717) is 24.9 Å². The zero-order valence-electron chi connectivity index (χ0n) is 16.8. The van der Waals surface area contributed by atoms with Crippen molar-refractivity contribution in [1.82, 2.24) is 34.4 Å². The third-order valence-corrected chi connectivity index (χ3v) is 5.16. The van der Waals surface area contributed by atoms with Crippen LogP contribution in [0.5, 0.6) is 0 Å². The second-order valence-corrected chi connectivity index (χ2v) is 7.42. The van der Waals surface area contributed by atoms with Crippen LogP contribution in [0.1, 0.15) is 19.3 Å². The van der Waals surface area contributed by atoms with Gasteiger partial charge in [0.05, 0.1) is 36.5 Å². The van der Waals surface area contributed by atoms with Crippen molar-refractivity contribution >= 4 is 28.6 Å². The van der Waals surface area contributed by atoms with E-state index < -0.39 is 0 Å². The van der Waals surface area contributed by atoms with Gasteiger partial charge in [0.2, 0.25) is 11.9 Å². The number of rotatable bonds is 7. The lowest BCUT2D eigenvalue weighted by molar-refractivity contribution is -0.134. The molecule has 1 unspecified atom stereocenters. The smallest absolute Gasteiger partial charge is 0.229 e. The molecule has 1 aliphatic rings. The lowest BCUT2D eigenvalue weighted by Crippen LogP contribution is -2.41. The molecule has 10 heteroatoms. The number of nitrogens with one attached hydrogen (secondary N) is 1. The molecule has 0 spiro atoms. The van der Waals surface area contributed by atoms with Gasteiger partial charge in [0, 0.05) is 46.2 Å². The van der Waals surface area contributed by atoms with Crippen LogP contribution in [0.2, 0.25) is 0 Å². The van der Waals surface area contributed by atoms with Crippen LogP contribution in [0.15, 0.2) is 24.8 Å². The molecule has 3 aromatic rings. The molecular weight excluding hydrogens is 372 g/mol. The molecule has 29 heavy (non-hydrogen) atoms. The van der Waals surface area contributed by atoms with Gasteiger partial charge in [-0.1, -0.05) is 0 Å². The number of aryl methyl sites for hydroxylation is 1. The zero-order valence-corrected chi connectivity index (χ0v) is 16.8. The lowest BCUT2D eigenvalue weighted by atomic mass is 9.98. The van der Waals surface area contributed by atoms with Gasteiger partial charge >= 0.3 is 0 Å². The first-order chi connectivity index (χ1) is 14.1. The maximum Gasteiger partial charge on any atom is 0.229 e. The molecular formula is C19H26N8O2. The van der Waals surface area contributed by atoms with Crippen LogP contribution in [0.4, 0.5) is 11.6 Å². The molecule has 0 aliphatic carbocycles. The van der Waals surface area contributed by atoms with Gasteiger partial charge in [-0.3, -0.25) is 9.48 Å². The Morgan fingerprint density at radius 3 is 3.00 bits per heavy atom. The van der Waals surface area contributed by atoms with Crippen molar-refractivity contribution in [3.8, 4) is 0 Å². The van der Waals surface area contributed by atoms with Crippen molar-refractivity contribution in [3.05, 3.63) is 24.8 Å². The average Bonchev–Trinajstić information content (AvgIpc) is 3.32. The molecule has 1 aliphatic heterocycles. The third kappa shape index (κ3) is 4.53. The summed E-state index contributed by atoms with van der Waals surface area (Å²) >= 11 is 0. The predicted molar refractivity (Wildman–Crippen MR) is 108 cm³/mol. The lowest BCUT2D eigenvalue weighted by Gasteiger charge is -2.32. The molecule has 154 valence electrons. The summed E-state index contributed by atoms with van der Waals surface area (Å²) < 4.78 is 8.66. The zero-order chi connectivity index (χ0) is 20.2. The minimum absolute atomic E-state index is 0.159. The molecule has 0 radical (unpaired) electrons. The molecule has 1 saturated heterocycles. The first-order valence-electron chi connectivity index (χ1n) is 9.83. The van der Waals surface area contributed by atoms with Crippen molar-refractivity contribution in [2.24, 2.45) is 13.0 Å². The van der Waals surface area contributed by atoms with Gasteiger partial charge in [-0.15, -0.1) is 0 Å². The summed E-state index contributed by atoms with van der Waals surface area (Å²) in [7, 11) is 3.48. The van der Waals surface area contributed by atoms with E-state index in [1.54, 1.807) is 30.4 Å². The van der Waals surface area contributed by atoms with Crippen LogP contribution in [0.3, 0.4) is 0 Å². The average molecular weight is 398 g/mol. The number of hydrogen-bond donors (Lipinski definition) is 1. The van der Waals surface area contributed by atoms with Gasteiger partial charge in [0.25, 0.3) is 0 Å². The number of fused-ring (bicyclic) bond motifs is 1. The summed E-state index contributed by atoms with van der Waals surface area (Å²) in [6.45, 7) is 2.75. The number of carbonyl (C=O) groups excluding carboxylic acids is 1. The Morgan fingerprint density at radius 1 is 1.31 bits per heavy atom. The van der Waals surface area contributed by atoms with Crippen LogP contribution >= 0.6 is 0 Å². The molecule has 1 N–H and O–H groups in total. The van der Waals surface area contributed by atoms with E-state index in [9.17, 15) is 4.79 Å². The molecule has 0 aromatic carbocycles. The first kappa shape index (κ1) is 19.3. The van der Waals surface area contributed by atoms with Crippen molar-refractivity contribution < 1.29 is 9.53 Å². The molecule has 1 amide bonds. The summed E-state index contributed by atoms with van der Waals surface area (Å²) in [4.78, 5) is 23.3. The van der Waals surface area contributed by atoms with Crippen LogP contribution in [-0.2, 0) is 23.1 Å². The summed E-state index contributed by atoms with van der Waals surface area (Å²) in [6, 6.07) is 0. The van der Waals surface area contributed by atoms with E-state index in [1.807, 2.05) is 22.8 Å². The molecule has 4 heterocycles. The Labute approximate surface area is 168 Å². The highest BCUT2D eigenvalue weighted by Gasteiger charge is 2.24. The summed E-state index contributed by atoms with van der Waals surface area (Å²) in [6.07, 6.45) is 9.65. The van der Waals surface area contributed by atoms with Crippen LogP contribution in [0.25, 0.3) is 11.0 Å². The number of piperidine rings is 1. The van der Waals surface area contributed by atoms with Crippen molar-refractivity contribution in [3.63, 3.8) is 0 Å². The van der Waals surface area contributed by atoms with E-state index in [4.69, 9.17) is 4.74 Å². The van der Waals surface area contributed by atoms with Gasteiger partial charge in [0.1, 0.15) is 0 Å². The van der Waals surface area contributed by atoms with Crippen molar-refractivity contribution in [2.45, 2.75) is 25.8 Å². The largest absolute Gasteiger partial charge is 0.384 e. The quantitative estimate of drug-likeness (QED) is 0.644. The van der Waals surface area contributed by atoms with E-state index in [1.165, 1.54) is 0 Å². The molecule has 0 bridgehead atoms. The Hall–Kier alpha value is -3.01. The normalized spacial score (nSPS) is 17.0. The maximum absolute atomic E-state index is 12.3. The van der Waals surface area contributed by atoms with Crippen LogP contribution in [-0.4, -0.2) is 67.1 Å². The summed E-state index contributed by atoms with van der Waals surface area (Å²) in [5, 5.41) is 12.7. The molecule has 1 atom stereocenters. The number of anilines is 2. The predicted octanol–water partition coefficient (Wildman–Crippen LogP) is 1.58. The highest BCUT2D eigenvalue weighted by Crippen LogP contribution is 2.22. The number of ether oxygens (including phenoxy) is 1. The highest BCUT2D eigenvalue weighted by molar-refractivity contribution is 5.76. The van der Waals surface area contributed by atoms with Gasteiger partial charge in [-0.2, -0.15) is 15.2 Å². The van der Waals surface area contributed by atoms with Gasteiger partial charge in [0.15, 0.2) is 5.65 Å². The Bertz CT molecular complexity index is 982. The number of aromatic nitrogens is 6. The standard InChI is InChI=1S/C19H26N8O2/c1-25-13-16(10-21-25)23-19-20-8-15-9-22-27(18(15)24-19)12-14-4-3-6-26(11-14)17(28)5-7-29-2/h8-10,13-14H,3-7,11-12H2,1-2H3,(H,20,23,24). The molecule has 1 fully saturated rings. The summed E-state index contributed by atoms with van der Waals surface area (Å²) in [5.74, 6) is 1.02. The second kappa shape index (κ2) is 8.56. The number of nitrogens with zero attached hydrogens (tertiary/aromatic N) is 7. The van der Waals surface area contributed by atoms with Gasteiger partial charge in [-0.05, 0) is 18.8 Å². The number of carbonyl (C=O) groups is 1. The van der Waals surface area contributed by atoms with Crippen LogP contribution < -0.4 is 5.32 Å². The monoisotopic (exact) mass is 398 g/mol. The molecule has 10 nitrogen and oxygen atoms in total. The summed E-state index contributed by atoms with van der Waals surface area (Å²) in [5.41, 5.74) is 1.62. The van der Waals surface area contributed by atoms with E-state index >= 15 is 0 Å². The van der Waals surface area contributed by atoms with Gasteiger partial charge < -0.3 is 15.0 Å². The molecule has 4 rings (SSSR count). The number of likely N-dealkylation sites (tertiary alicyclic amines) is 1. The SMILES string of the molecule is COCCC(=O)N1CCCC(Cn2ncc3cnc(Nc4cnn(C)c4)nc32)C1. The fourth-order valence-corrected chi connectivity index (χ4v) is 3.71. The molecule has 3 aromatic heterocycles. The van der Waals surface area contributed by atoms with Crippen molar-refractivity contribution in [2.75, 3.05) is 32.1 Å². The Balaban J connectivity index is 1.46. The first-order valence-corrected chi connectivity index (χ1v) is 9.83. The fourth-order valence-electron chi connectivity index (χ4n) is 3.71. The number of methoxy groups -OCH3 is 1. The van der Waals surface area contributed by atoms with E-state index in [2.05, 4.69) is 25.5 Å². The highest BCUT2D eigenvalue weighted by atomic mass is 16.5. The Morgan fingerprint density at radius 2 is 2.21 bits per heavy atom. The third-order valence-electron chi connectivity index (χ3n) is 5.16. The fraction of sp³-hybridized carbons (Fsp3) is 0.526. The second-order valence-electron chi connectivity index (χ2n) is 7.42. The van der Waals surface area contributed by atoms with E-state index in [-0.39, 0.29) is 5.91 Å². The van der Waals surface area contributed by atoms with Crippen LogP contribution in [0, 0.1) is 5.92 Å². The Kier molecular flexibility index (Phi) is 5.70. The maximum atomic E-state index is 12.3. The minimum Gasteiger partial charge on any atom is -0.384 e. The topological polar surface area (TPSA) is 103 Å². The van der Waals surface area contributed by atoms with Gasteiger partial charge in [-0.25, -0.2) is 9.67 Å². The number of amides is 1.